The Morgan fingerprint density at radius 2 is 2.09 bits per heavy atom. The zero-order chi connectivity index (χ0) is 24.0. The molecular weight excluding hydrogens is 484 g/mol. The minimum absolute atomic E-state index is 0.0808. The van der Waals surface area contributed by atoms with Crippen molar-refractivity contribution in [2.75, 3.05) is 18.2 Å². The van der Waals surface area contributed by atoms with Crippen molar-refractivity contribution in [3.8, 4) is 5.75 Å². The number of carbonyl (C=O) groups is 2. The van der Waals surface area contributed by atoms with Gasteiger partial charge in [-0.25, -0.2) is 4.79 Å². The van der Waals surface area contributed by atoms with E-state index in [4.69, 9.17) is 21.1 Å². The number of halogens is 1. The van der Waals surface area contributed by atoms with E-state index in [-0.39, 0.29) is 18.3 Å². The maximum Gasteiger partial charge on any atom is 0.340 e. The summed E-state index contributed by atoms with van der Waals surface area (Å²) < 4.78 is 12.4. The van der Waals surface area contributed by atoms with Crippen molar-refractivity contribution in [1.82, 2.24) is 14.8 Å². The largest absolute Gasteiger partial charge is 0.484 e. The number of anilines is 1. The number of aromatic nitrogens is 3. The summed E-state index contributed by atoms with van der Waals surface area (Å²) in [5.41, 5.74) is 1.36. The van der Waals surface area contributed by atoms with E-state index >= 15 is 0 Å². The lowest BCUT2D eigenvalue weighted by atomic mass is 10.2. The fraction of sp³-hybridized carbons (Fsp3) is 0.273. The van der Waals surface area contributed by atoms with Crippen LogP contribution in [0.25, 0.3) is 0 Å². The van der Waals surface area contributed by atoms with Gasteiger partial charge in [0.1, 0.15) is 17.4 Å². The summed E-state index contributed by atoms with van der Waals surface area (Å²) in [6.45, 7) is 8.20. The van der Waals surface area contributed by atoms with Crippen LogP contribution in [0, 0.1) is 13.8 Å². The molecule has 0 aliphatic heterocycles. The van der Waals surface area contributed by atoms with Crippen LogP contribution >= 0.6 is 34.7 Å². The van der Waals surface area contributed by atoms with Crippen molar-refractivity contribution in [3.05, 3.63) is 63.8 Å². The molecule has 0 fully saturated rings. The highest BCUT2D eigenvalue weighted by Gasteiger charge is 2.19. The molecule has 0 unspecified atom stereocenters. The van der Waals surface area contributed by atoms with Crippen molar-refractivity contribution in [2.24, 2.45) is 0 Å². The van der Waals surface area contributed by atoms with Crippen LogP contribution in [0.5, 0.6) is 5.75 Å². The van der Waals surface area contributed by atoms with Crippen molar-refractivity contribution in [2.45, 2.75) is 32.2 Å². The molecular formula is C22H23ClN4O4S2. The van der Waals surface area contributed by atoms with E-state index in [2.05, 4.69) is 22.1 Å². The summed E-state index contributed by atoms with van der Waals surface area (Å²) >= 11 is 8.74. The number of hydrogen-bond donors (Lipinski definition) is 1. The van der Waals surface area contributed by atoms with Gasteiger partial charge in [-0.05, 0) is 37.6 Å². The van der Waals surface area contributed by atoms with Crippen LogP contribution in [0.1, 0.15) is 26.6 Å². The predicted octanol–water partition coefficient (Wildman–Crippen LogP) is 4.89. The third kappa shape index (κ3) is 6.37. The van der Waals surface area contributed by atoms with E-state index in [9.17, 15) is 9.59 Å². The first-order valence-corrected chi connectivity index (χ1v) is 12.0. The van der Waals surface area contributed by atoms with Crippen molar-refractivity contribution in [1.29, 1.82) is 0 Å². The van der Waals surface area contributed by atoms with Gasteiger partial charge in [-0.1, -0.05) is 35.5 Å². The molecule has 0 spiro atoms. The lowest BCUT2D eigenvalue weighted by Gasteiger charge is -2.10. The molecule has 2 heterocycles. The number of ether oxygens (including phenoxy) is 2. The molecule has 0 saturated heterocycles. The molecule has 1 N–H and O–H groups in total. The Morgan fingerprint density at radius 1 is 1.30 bits per heavy atom. The molecule has 0 aliphatic carbocycles. The quantitative estimate of drug-likeness (QED) is 0.237. The third-order valence-electron chi connectivity index (χ3n) is 4.39. The van der Waals surface area contributed by atoms with E-state index in [0.29, 0.717) is 38.9 Å². The van der Waals surface area contributed by atoms with Gasteiger partial charge in [-0.3, -0.25) is 9.36 Å². The number of esters is 1. The molecule has 0 saturated carbocycles. The number of allylic oxidation sites excluding steroid dienone is 1. The van der Waals surface area contributed by atoms with Gasteiger partial charge in [0.05, 0.1) is 23.4 Å². The molecule has 1 aromatic carbocycles. The number of carbonyl (C=O) groups excluding carboxylic acids is 2. The van der Waals surface area contributed by atoms with Crippen LogP contribution in [-0.4, -0.2) is 39.5 Å². The maximum atomic E-state index is 12.5. The lowest BCUT2D eigenvalue weighted by Crippen LogP contribution is -2.16. The van der Waals surface area contributed by atoms with Crippen LogP contribution in [0.4, 0.5) is 5.00 Å². The topological polar surface area (TPSA) is 95.3 Å². The standard InChI is InChI=1S/C22H23ClN4O4S2/c1-5-8-27-18(11-31-17-9-13(2)6-7-16(17)23)25-26-22(27)32-12-19(28)24-20-15(21(29)30-4)10-14(3)33-20/h5-7,9-10H,1,8,11-12H2,2-4H3,(H,24,28). The third-order valence-corrected chi connectivity index (χ3v) is 6.64. The zero-order valence-electron chi connectivity index (χ0n) is 18.4. The van der Waals surface area contributed by atoms with Gasteiger partial charge in [0, 0.05) is 11.4 Å². The van der Waals surface area contributed by atoms with Crippen LogP contribution in [0.2, 0.25) is 5.02 Å². The highest BCUT2D eigenvalue weighted by atomic mass is 35.5. The second kappa shape index (κ2) is 11.4. The number of hydrogen-bond acceptors (Lipinski definition) is 8. The highest BCUT2D eigenvalue weighted by molar-refractivity contribution is 7.99. The van der Waals surface area contributed by atoms with Crippen molar-refractivity contribution in [3.63, 3.8) is 0 Å². The second-order valence-corrected chi connectivity index (χ2v) is 9.55. The van der Waals surface area contributed by atoms with E-state index < -0.39 is 5.97 Å². The van der Waals surface area contributed by atoms with Gasteiger partial charge in [0.15, 0.2) is 11.0 Å². The summed E-state index contributed by atoms with van der Waals surface area (Å²) in [6, 6.07) is 7.22. The first-order chi connectivity index (χ1) is 15.8. The molecule has 11 heteroatoms. The summed E-state index contributed by atoms with van der Waals surface area (Å²) in [7, 11) is 1.30. The van der Waals surface area contributed by atoms with Crippen LogP contribution in [0.3, 0.4) is 0 Å². The average Bonchev–Trinajstić information content (AvgIpc) is 3.35. The number of thioether (sulfide) groups is 1. The van der Waals surface area contributed by atoms with Gasteiger partial charge in [0.25, 0.3) is 0 Å². The predicted molar refractivity (Wildman–Crippen MR) is 130 cm³/mol. The molecule has 0 radical (unpaired) electrons. The molecule has 8 nitrogen and oxygen atoms in total. The summed E-state index contributed by atoms with van der Waals surface area (Å²) in [5.74, 6) is 0.455. The minimum Gasteiger partial charge on any atom is -0.484 e. The fourth-order valence-corrected chi connectivity index (χ4v) is 4.72. The number of methoxy groups -OCH3 is 1. The molecule has 3 rings (SSSR count). The maximum absolute atomic E-state index is 12.5. The number of benzene rings is 1. The number of aryl methyl sites for hydroxylation is 2. The Labute approximate surface area is 204 Å². The number of nitrogens with one attached hydrogen (secondary N) is 1. The Kier molecular flexibility index (Phi) is 8.54. The SMILES string of the molecule is C=CCn1c(COc2cc(C)ccc2Cl)nnc1SCC(=O)Nc1sc(C)cc1C(=O)OC. The van der Waals surface area contributed by atoms with Gasteiger partial charge in [0.2, 0.25) is 5.91 Å². The molecule has 2 aromatic heterocycles. The normalized spacial score (nSPS) is 10.7. The van der Waals surface area contributed by atoms with Crippen molar-refractivity contribution >= 4 is 51.6 Å². The van der Waals surface area contributed by atoms with Crippen LogP contribution in [0.15, 0.2) is 42.1 Å². The minimum atomic E-state index is -0.494. The summed E-state index contributed by atoms with van der Waals surface area (Å²) in [4.78, 5) is 25.3. The average molecular weight is 507 g/mol. The molecule has 1 amide bonds. The fourth-order valence-electron chi connectivity index (χ4n) is 2.87. The summed E-state index contributed by atoms with van der Waals surface area (Å²) in [6.07, 6.45) is 1.72. The second-order valence-electron chi connectivity index (χ2n) is 6.95. The Hall–Kier alpha value is -2.82. The Balaban J connectivity index is 1.66. The Bertz CT molecular complexity index is 1180. The highest BCUT2D eigenvalue weighted by Crippen LogP contribution is 2.29. The van der Waals surface area contributed by atoms with E-state index in [1.807, 2.05) is 30.5 Å². The van der Waals surface area contributed by atoms with Gasteiger partial charge in [-0.2, -0.15) is 0 Å². The molecule has 3 aromatic rings. The van der Waals surface area contributed by atoms with E-state index in [0.717, 1.165) is 10.4 Å². The smallest absolute Gasteiger partial charge is 0.340 e. The van der Waals surface area contributed by atoms with E-state index in [1.165, 1.54) is 30.2 Å². The molecule has 174 valence electrons. The first kappa shape index (κ1) is 24.8. The zero-order valence-corrected chi connectivity index (χ0v) is 20.8. The number of nitrogens with zero attached hydrogens (tertiary/aromatic N) is 3. The molecule has 0 bridgehead atoms. The van der Waals surface area contributed by atoms with Crippen LogP contribution in [-0.2, 0) is 22.7 Å². The van der Waals surface area contributed by atoms with Crippen LogP contribution < -0.4 is 10.1 Å². The number of rotatable bonds is 10. The number of thiophene rings is 1. The Morgan fingerprint density at radius 3 is 2.82 bits per heavy atom. The van der Waals surface area contributed by atoms with Crippen molar-refractivity contribution < 1.29 is 19.1 Å². The lowest BCUT2D eigenvalue weighted by molar-refractivity contribution is -0.113. The van der Waals surface area contributed by atoms with E-state index in [1.54, 1.807) is 18.2 Å². The first-order valence-electron chi connectivity index (χ1n) is 9.85. The summed E-state index contributed by atoms with van der Waals surface area (Å²) in [5, 5.41) is 12.7. The van der Waals surface area contributed by atoms with Gasteiger partial charge in [-0.15, -0.1) is 28.1 Å². The monoisotopic (exact) mass is 506 g/mol. The molecule has 0 aliphatic rings. The molecule has 33 heavy (non-hydrogen) atoms. The number of amides is 1. The van der Waals surface area contributed by atoms with Gasteiger partial charge < -0.3 is 14.8 Å². The molecule has 0 atom stereocenters. The van der Waals surface area contributed by atoms with Gasteiger partial charge >= 0.3 is 5.97 Å².